The molecule has 0 atom stereocenters. The van der Waals surface area contributed by atoms with Crippen LogP contribution in [0.1, 0.15) is 12.5 Å². The van der Waals surface area contributed by atoms with Gasteiger partial charge in [-0.1, -0.05) is 0 Å². The van der Waals surface area contributed by atoms with Gasteiger partial charge in [0.15, 0.2) is 0 Å². The number of rotatable bonds is 4. The van der Waals surface area contributed by atoms with Crippen molar-refractivity contribution in [2.45, 2.75) is 13.5 Å². The fourth-order valence-corrected chi connectivity index (χ4v) is 3.06. The van der Waals surface area contributed by atoms with Crippen LogP contribution in [0.25, 0.3) is 0 Å². The normalized spacial score (nSPS) is 15.9. The van der Waals surface area contributed by atoms with Gasteiger partial charge >= 0.3 is 0 Å². The van der Waals surface area contributed by atoms with Crippen LogP contribution in [-0.4, -0.2) is 56.1 Å². The number of ether oxygens (including phenoxy) is 2. The lowest BCUT2D eigenvalue weighted by Gasteiger charge is -2.34. The van der Waals surface area contributed by atoms with Crippen molar-refractivity contribution in [2.24, 2.45) is 0 Å². The van der Waals surface area contributed by atoms with E-state index in [1.165, 1.54) is 0 Å². The summed E-state index contributed by atoms with van der Waals surface area (Å²) >= 11 is 3.51. The molecule has 1 fully saturated rings. The number of halogens is 1. The van der Waals surface area contributed by atoms with Crippen LogP contribution >= 0.6 is 15.9 Å². The van der Waals surface area contributed by atoms with Crippen molar-refractivity contribution in [3.8, 4) is 11.5 Å². The molecule has 2 rings (SSSR count). The number of methoxy groups -OCH3 is 2. The fraction of sp³-hybridized carbons (Fsp3) is 0.533. The average Bonchev–Trinajstić information content (AvgIpc) is 2.48. The molecule has 1 heterocycles. The lowest BCUT2D eigenvalue weighted by molar-refractivity contribution is -0.130. The Morgan fingerprint density at radius 1 is 1.14 bits per heavy atom. The van der Waals surface area contributed by atoms with Gasteiger partial charge in [-0.25, -0.2) is 0 Å². The molecule has 0 unspecified atom stereocenters. The zero-order valence-electron chi connectivity index (χ0n) is 12.7. The summed E-state index contributed by atoms with van der Waals surface area (Å²) in [6.07, 6.45) is 0. The molecule has 0 bridgehead atoms. The molecule has 116 valence electrons. The van der Waals surface area contributed by atoms with Crippen LogP contribution in [0.15, 0.2) is 16.6 Å². The molecule has 1 aromatic carbocycles. The van der Waals surface area contributed by atoms with Gasteiger partial charge in [-0.3, -0.25) is 9.69 Å². The van der Waals surface area contributed by atoms with E-state index >= 15 is 0 Å². The lowest BCUT2D eigenvalue weighted by Crippen LogP contribution is -2.47. The van der Waals surface area contributed by atoms with Crippen molar-refractivity contribution in [3.63, 3.8) is 0 Å². The van der Waals surface area contributed by atoms with Crippen molar-refractivity contribution in [1.29, 1.82) is 0 Å². The van der Waals surface area contributed by atoms with Crippen molar-refractivity contribution < 1.29 is 14.3 Å². The van der Waals surface area contributed by atoms with Crippen LogP contribution in [0, 0.1) is 0 Å². The van der Waals surface area contributed by atoms with Gasteiger partial charge in [0, 0.05) is 51.3 Å². The van der Waals surface area contributed by atoms with E-state index in [1.807, 2.05) is 17.0 Å². The molecule has 0 spiro atoms. The fourth-order valence-electron chi connectivity index (χ4n) is 2.51. The van der Waals surface area contributed by atoms with E-state index in [9.17, 15) is 4.79 Å². The van der Waals surface area contributed by atoms with E-state index in [0.717, 1.165) is 54.3 Å². The van der Waals surface area contributed by atoms with E-state index in [2.05, 4.69) is 20.8 Å². The number of hydrogen-bond donors (Lipinski definition) is 0. The minimum absolute atomic E-state index is 0.152. The number of carbonyl (C=O) groups excluding carboxylic acids is 1. The summed E-state index contributed by atoms with van der Waals surface area (Å²) in [5.41, 5.74) is 1.11. The summed E-state index contributed by atoms with van der Waals surface area (Å²) < 4.78 is 11.7. The molecule has 1 aromatic rings. The smallest absolute Gasteiger partial charge is 0.219 e. The van der Waals surface area contributed by atoms with Gasteiger partial charge in [0.05, 0.1) is 18.7 Å². The summed E-state index contributed by atoms with van der Waals surface area (Å²) in [6, 6.07) is 3.93. The second kappa shape index (κ2) is 7.13. The monoisotopic (exact) mass is 356 g/mol. The molecule has 5 nitrogen and oxygen atoms in total. The molecule has 1 saturated heterocycles. The third-order valence-corrected chi connectivity index (χ3v) is 4.39. The maximum Gasteiger partial charge on any atom is 0.219 e. The highest BCUT2D eigenvalue weighted by Crippen LogP contribution is 2.33. The number of carbonyl (C=O) groups is 1. The predicted octanol–water partition coefficient (Wildman–Crippen LogP) is 2.13. The van der Waals surface area contributed by atoms with Gasteiger partial charge in [-0.15, -0.1) is 0 Å². The number of nitrogens with zero attached hydrogens (tertiary/aromatic N) is 2. The van der Waals surface area contributed by atoms with Crippen LogP contribution < -0.4 is 9.47 Å². The summed E-state index contributed by atoms with van der Waals surface area (Å²) in [7, 11) is 3.31. The summed E-state index contributed by atoms with van der Waals surface area (Å²) in [5, 5.41) is 0. The largest absolute Gasteiger partial charge is 0.496 e. The zero-order valence-corrected chi connectivity index (χ0v) is 14.3. The maximum atomic E-state index is 11.3. The van der Waals surface area contributed by atoms with Gasteiger partial charge < -0.3 is 14.4 Å². The molecular weight excluding hydrogens is 336 g/mol. The highest BCUT2D eigenvalue weighted by molar-refractivity contribution is 9.10. The van der Waals surface area contributed by atoms with Crippen molar-refractivity contribution in [2.75, 3.05) is 40.4 Å². The Hall–Kier alpha value is -1.27. The Balaban J connectivity index is 2.06. The van der Waals surface area contributed by atoms with Gasteiger partial charge in [0.25, 0.3) is 0 Å². The van der Waals surface area contributed by atoms with Crippen molar-refractivity contribution >= 4 is 21.8 Å². The third kappa shape index (κ3) is 3.89. The molecule has 6 heteroatoms. The first-order chi connectivity index (χ1) is 10.0. The molecule has 1 amide bonds. The van der Waals surface area contributed by atoms with Crippen LogP contribution in [0.2, 0.25) is 0 Å². The molecule has 0 saturated carbocycles. The van der Waals surface area contributed by atoms with E-state index in [1.54, 1.807) is 21.1 Å². The quantitative estimate of drug-likeness (QED) is 0.828. The Morgan fingerprint density at radius 3 is 2.29 bits per heavy atom. The first kappa shape index (κ1) is 16.1. The van der Waals surface area contributed by atoms with E-state index in [-0.39, 0.29) is 5.91 Å². The number of piperazine rings is 1. The molecule has 0 radical (unpaired) electrons. The van der Waals surface area contributed by atoms with E-state index < -0.39 is 0 Å². The van der Waals surface area contributed by atoms with Crippen LogP contribution in [0.4, 0.5) is 0 Å². The number of benzene rings is 1. The lowest BCUT2D eigenvalue weighted by atomic mass is 10.1. The average molecular weight is 357 g/mol. The van der Waals surface area contributed by atoms with Crippen LogP contribution in [0.5, 0.6) is 11.5 Å². The highest BCUT2D eigenvalue weighted by atomic mass is 79.9. The van der Waals surface area contributed by atoms with Crippen molar-refractivity contribution in [1.82, 2.24) is 9.80 Å². The molecule has 21 heavy (non-hydrogen) atoms. The maximum absolute atomic E-state index is 11.3. The molecule has 1 aliphatic heterocycles. The van der Waals surface area contributed by atoms with E-state index in [0.29, 0.717) is 0 Å². The van der Waals surface area contributed by atoms with Crippen LogP contribution in [0.3, 0.4) is 0 Å². The predicted molar refractivity (Wildman–Crippen MR) is 84.8 cm³/mol. The topological polar surface area (TPSA) is 42.0 Å². The summed E-state index contributed by atoms with van der Waals surface area (Å²) in [5.74, 6) is 1.74. The number of amides is 1. The van der Waals surface area contributed by atoms with Crippen molar-refractivity contribution in [3.05, 3.63) is 22.2 Å². The second-order valence-corrected chi connectivity index (χ2v) is 5.94. The zero-order chi connectivity index (χ0) is 15.4. The van der Waals surface area contributed by atoms with E-state index in [4.69, 9.17) is 9.47 Å². The van der Waals surface area contributed by atoms with Gasteiger partial charge in [0.2, 0.25) is 5.91 Å². The molecule has 0 aromatic heterocycles. The SMILES string of the molecule is COc1cc(OC)c(CN2CCN(C(C)=O)CC2)cc1Br. The molecule has 0 aliphatic carbocycles. The second-order valence-electron chi connectivity index (χ2n) is 5.08. The Kier molecular flexibility index (Phi) is 5.47. The Labute approximate surface area is 133 Å². The Bertz CT molecular complexity index is 514. The third-order valence-electron chi connectivity index (χ3n) is 3.77. The standard InChI is InChI=1S/C15H21BrN2O3/c1-11(19)18-6-4-17(5-7-18)10-12-8-13(16)15(21-3)9-14(12)20-2/h8-9H,4-7,10H2,1-3H3. The number of hydrogen-bond acceptors (Lipinski definition) is 4. The summed E-state index contributed by atoms with van der Waals surface area (Å²) in [4.78, 5) is 15.6. The van der Waals surface area contributed by atoms with Gasteiger partial charge in [-0.05, 0) is 22.0 Å². The minimum Gasteiger partial charge on any atom is -0.496 e. The molecular formula is C15H21BrN2O3. The highest BCUT2D eigenvalue weighted by Gasteiger charge is 2.20. The molecule has 0 N–H and O–H groups in total. The molecule has 1 aliphatic rings. The summed E-state index contributed by atoms with van der Waals surface area (Å²) in [6.45, 7) is 5.76. The first-order valence-electron chi connectivity index (χ1n) is 6.93. The van der Waals surface area contributed by atoms with Gasteiger partial charge in [-0.2, -0.15) is 0 Å². The Morgan fingerprint density at radius 2 is 1.76 bits per heavy atom. The minimum atomic E-state index is 0.152. The first-order valence-corrected chi connectivity index (χ1v) is 7.72. The van der Waals surface area contributed by atoms with Crippen LogP contribution in [-0.2, 0) is 11.3 Å². The van der Waals surface area contributed by atoms with Gasteiger partial charge in [0.1, 0.15) is 11.5 Å².